The molecular weight excluding hydrogens is 354 g/mol. The number of hydrogen-bond acceptors (Lipinski definition) is 6. The molecule has 26 heavy (non-hydrogen) atoms. The number of thioether (sulfide) groups is 1. The molecule has 0 bridgehead atoms. The van der Waals surface area contributed by atoms with Crippen LogP contribution < -0.4 is 4.74 Å². The van der Waals surface area contributed by atoms with Gasteiger partial charge in [0.15, 0.2) is 0 Å². The van der Waals surface area contributed by atoms with Crippen LogP contribution in [0.3, 0.4) is 0 Å². The van der Waals surface area contributed by atoms with Crippen LogP contribution in [0.25, 0.3) is 6.08 Å². The third-order valence-corrected chi connectivity index (χ3v) is 4.81. The molecule has 1 aliphatic rings. The highest BCUT2D eigenvalue weighted by Crippen LogP contribution is 2.34. The fraction of sp³-hybridized carbons (Fsp3) is 0.421. The van der Waals surface area contributed by atoms with E-state index in [1.165, 1.54) is 6.92 Å². The zero-order chi connectivity index (χ0) is 19.3. The summed E-state index contributed by atoms with van der Waals surface area (Å²) in [5.41, 5.74) is 0.774. The van der Waals surface area contributed by atoms with Crippen LogP contribution in [0.15, 0.2) is 29.2 Å². The Morgan fingerprint density at radius 2 is 1.85 bits per heavy atom. The van der Waals surface area contributed by atoms with E-state index in [1.54, 1.807) is 13.0 Å². The number of ether oxygens (including phenoxy) is 2. The molecule has 0 aliphatic carbocycles. The van der Waals surface area contributed by atoms with Gasteiger partial charge in [0.1, 0.15) is 11.8 Å². The summed E-state index contributed by atoms with van der Waals surface area (Å²) in [5.74, 6) is -0.330. The van der Waals surface area contributed by atoms with E-state index >= 15 is 0 Å². The Balaban J connectivity index is 2.13. The molecule has 7 heteroatoms. The van der Waals surface area contributed by atoms with E-state index in [0.29, 0.717) is 0 Å². The topological polar surface area (TPSA) is 72.9 Å². The predicted octanol–water partition coefficient (Wildman–Crippen LogP) is 3.85. The van der Waals surface area contributed by atoms with E-state index in [-0.39, 0.29) is 17.6 Å². The van der Waals surface area contributed by atoms with Gasteiger partial charge in [-0.3, -0.25) is 14.5 Å². The van der Waals surface area contributed by atoms with Crippen LogP contribution in [0, 0.1) is 0 Å². The average molecular weight is 377 g/mol. The highest BCUT2D eigenvalue weighted by molar-refractivity contribution is 8.18. The van der Waals surface area contributed by atoms with Crippen LogP contribution in [0.1, 0.15) is 39.7 Å². The van der Waals surface area contributed by atoms with Gasteiger partial charge in [0, 0.05) is 0 Å². The summed E-state index contributed by atoms with van der Waals surface area (Å²) in [6, 6.07) is 6.34. The Bertz CT molecular complexity index is 713. The summed E-state index contributed by atoms with van der Waals surface area (Å²) in [6.07, 6.45) is 2.67. The minimum absolute atomic E-state index is 0.127. The molecule has 6 nitrogen and oxygen atoms in total. The van der Waals surface area contributed by atoms with Crippen molar-refractivity contribution in [1.82, 2.24) is 4.90 Å². The second kappa shape index (κ2) is 8.89. The Morgan fingerprint density at radius 1 is 1.19 bits per heavy atom. The maximum absolute atomic E-state index is 12.5. The molecule has 1 aliphatic heterocycles. The lowest BCUT2D eigenvalue weighted by molar-refractivity contribution is -0.150. The van der Waals surface area contributed by atoms with Crippen molar-refractivity contribution >= 4 is 35.0 Å². The first-order valence-corrected chi connectivity index (χ1v) is 9.39. The lowest BCUT2D eigenvalue weighted by Gasteiger charge is -2.19. The molecule has 0 N–H and O–H groups in total. The molecular formula is C19H23NO5S. The van der Waals surface area contributed by atoms with E-state index in [4.69, 9.17) is 9.47 Å². The van der Waals surface area contributed by atoms with Crippen LogP contribution in [0.2, 0.25) is 0 Å². The molecule has 1 fully saturated rings. The van der Waals surface area contributed by atoms with Gasteiger partial charge in [0.25, 0.3) is 11.1 Å². The number of benzene rings is 1. The molecule has 1 aromatic rings. The largest absolute Gasteiger partial charge is 0.491 e. The van der Waals surface area contributed by atoms with Crippen molar-refractivity contribution in [2.75, 3.05) is 6.61 Å². The molecule has 2 amide bonds. The maximum atomic E-state index is 12.5. The quantitative estimate of drug-likeness (QED) is 0.531. The van der Waals surface area contributed by atoms with E-state index in [0.717, 1.165) is 34.4 Å². The number of carbonyl (C=O) groups is 3. The van der Waals surface area contributed by atoms with Gasteiger partial charge in [-0.15, -0.1) is 0 Å². The van der Waals surface area contributed by atoms with Crippen molar-refractivity contribution in [2.24, 2.45) is 0 Å². The molecule has 1 heterocycles. The van der Waals surface area contributed by atoms with Crippen molar-refractivity contribution in [2.45, 2.75) is 46.3 Å². The summed E-state index contributed by atoms with van der Waals surface area (Å²) in [6.45, 7) is 7.40. The van der Waals surface area contributed by atoms with Crippen molar-refractivity contribution in [1.29, 1.82) is 0 Å². The van der Waals surface area contributed by atoms with Crippen molar-refractivity contribution in [3.8, 4) is 5.75 Å². The highest BCUT2D eigenvalue weighted by Gasteiger charge is 2.41. The second-order valence-electron chi connectivity index (χ2n) is 5.89. The molecule has 2 rings (SSSR count). The number of rotatable bonds is 7. The molecule has 2 atom stereocenters. The number of carbonyl (C=O) groups excluding carboxylic acids is 3. The third kappa shape index (κ3) is 4.66. The number of hydrogen-bond donors (Lipinski definition) is 0. The van der Waals surface area contributed by atoms with E-state index < -0.39 is 23.2 Å². The number of esters is 1. The Labute approximate surface area is 157 Å². The van der Waals surface area contributed by atoms with Gasteiger partial charge in [-0.2, -0.15) is 0 Å². The van der Waals surface area contributed by atoms with Gasteiger partial charge in [-0.25, -0.2) is 4.79 Å². The molecule has 0 spiro atoms. The normalized spacial score (nSPS) is 18.2. The molecule has 1 aromatic carbocycles. The van der Waals surface area contributed by atoms with Gasteiger partial charge >= 0.3 is 5.97 Å². The van der Waals surface area contributed by atoms with Crippen molar-refractivity contribution < 1.29 is 23.9 Å². The van der Waals surface area contributed by atoms with Crippen molar-refractivity contribution in [3.05, 3.63) is 34.7 Å². The van der Waals surface area contributed by atoms with E-state index in [2.05, 4.69) is 0 Å². The highest BCUT2D eigenvalue weighted by atomic mass is 32.2. The number of amides is 2. The van der Waals surface area contributed by atoms with Crippen molar-refractivity contribution in [3.63, 3.8) is 0 Å². The van der Waals surface area contributed by atoms with Gasteiger partial charge in [0.05, 0.1) is 17.6 Å². The molecule has 0 unspecified atom stereocenters. The Hall–Kier alpha value is -2.28. The Kier molecular flexibility index (Phi) is 6.85. The molecule has 1 saturated heterocycles. The van der Waals surface area contributed by atoms with E-state index in [9.17, 15) is 14.4 Å². The van der Waals surface area contributed by atoms with E-state index in [1.807, 2.05) is 38.1 Å². The lowest BCUT2D eigenvalue weighted by Crippen LogP contribution is -2.42. The first-order valence-electron chi connectivity index (χ1n) is 8.57. The first-order chi connectivity index (χ1) is 12.4. The van der Waals surface area contributed by atoms with Crippen LogP contribution in [-0.2, 0) is 14.3 Å². The summed E-state index contributed by atoms with van der Waals surface area (Å²) in [7, 11) is 0. The van der Waals surface area contributed by atoms with Crippen LogP contribution in [-0.4, -0.2) is 40.8 Å². The average Bonchev–Trinajstić information content (AvgIpc) is 2.89. The third-order valence-electron chi connectivity index (χ3n) is 3.93. The fourth-order valence-corrected chi connectivity index (χ4v) is 3.20. The molecule has 140 valence electrons. The fourth-order valence-electron chi connectivity index (χ4n) is 2.29. The monoisotopic (exact) mass is 377 g/mol. The summed E-state index contributed by atoms with van der Waals surface area (Å²) in [4.78, 5) is 37.7. The molecule has 0 aromatic heterocycles. The number of imide groups is 1. The maximum Gasteiger partial charge on any atom is 0.329 e. The van der Waals surface area contributed by atoms with Crippen LogP contribution in [0.5, 0.6) is 5.75 Å². The SMILES string of the molecule is CCOC(=O)[C@H](C)N1C(=O)S/C(=C/c2ccc(O[C@@H](C)CC)cc2)C1=O. The number of nitrogens with zero attached hydrogens (tertiary/aromatic N) is 1. The Morgan fingerprint density at radius 3 is 2.42 bits per heavy atom. The zero-order valence-corrected chi connectivity index (χ0v) is 16.2. The molecule has 0 radical (unpaired) electrons. The van der Waals surface area contributed by atoms with Gasteiger partial charge in [0.2, 0.25) is 0 Å². The first kappa shape index (κ1) is 20.0. The van der Waals surface area contributed by atoms with Gasteiger partial charge in [-0.05, 0) is 62.7 Å². The summed E-state index contributed by atoms with van der Waals surface area (Å²) in [5, 5.41) is -0.474. The summed E-state index contributed by atoms with van der Waals surface area (Å²) < 4.78 is 10.6. The zero-order valence-electron chi connectivity index (χ0n) is 15.4. The minimum Gasteiger partial charge on any atom is -0.491 e. The summed E-state index contributed by atoms with van der Waals surface area (Å²) >= 11 is 0.818. The van der Waals surface area contributed by atoms with Crippen LogP contribution in [0.4, 0.5) is 4.79 Å². The second-order valence-corrected chi connectivity index (χ2v) is 6.88. The smallest absolute Gasteiger partial charge is 0.329 e. The lowest BCUT2D eigenvalue weighted by atomic mass is 10.2. The predicted molar refractivity (Wildman–Crippen MR) is 101 cm³/mol. The standard InChI is InChI=1S/C19H23NO5S/c1-5-12(3)25-15-9-7-14(8-10-15)11-16-17(21)20(19(23)26-16)13(4)18(22)24-6-2/h7-13H,5-6H2,1-4H3/b16-11+/t12-,13-/m0/s1. The van der Waals surface area contributed by atoms with Gasteiger partial charge < -0.3 is 9.47 Å². The molecule has 0 saturated carbocycles. The van der Waals surface area contributed by atoms with Crippen LogP contribution >= 0.6 is 11.8 Å². The van der Waals surface area contributed by atoms with Gasteiger partial charge in [-0.1, -0.05) is 19.1 Å². The minimum atomic E-state index is -0.945.